The molecule has 0 saturated carbocycles. The Balaban J connectivity index is 2.25. The molecular weight excluding hydrogens is 124 g/mol. The zero-order valence-corrected chi connectivity index (χ0v) is 6.11. The second-order valence-electron chi connectivity index (χ2n) is 2.87. The molecule has 0 saturated heterocycles. The van der Waals surface area contributed by atoms with Crippen molar-refractivity contribution >= 4 is 5.71 Å². The third-order valence-corrected chi connectivity index (χ3v) is 2.14. The molecule has 0 unspecified atom stereocenters. The van der Waals surface area contributed by atoms with Gasteiger partial charge in [0.25, 0.3) is 0 Å². The van der Waals surface area contributed by atoms with Crippen LogP contribution in [0, 0.1) is 0 Å². The van der Waals surface area contributed by atoms with Gasteiger partial charge in [-0.05, 0) is 6.42 Å². The molecule has 10 heavy (non-hydrogen) atoms. The van der Waals surface area contributed by atoms with Gasteiger partial charge in [0, 0.05) is 18.5 Å². The standard InChI is InChI=1S/C8H12N2/c1-2-7-3-5-9-6-8(7)10-4-1/h3,9H,1-2,4-6H2/p+1. The Morgan fingerprint density at radius 3 is 3.40 bits per heavy atom. The molecule has 2 aliphatic heterocycles. The van der Waals surface area contributed by atoms with Crippen molar-refractivity contribution in [2.45, 2.75) is 12.8 Å². The quantitative estimate of drug-likeness (QED) is 0.432. The van der Waals surface area contributed by atoms with Crippen LogP contribution in [0.5, 0.6) is 0 Å². The van der Waals surface area contributed by atoms with Crippen molar-refractivity contribution in [3.8, 4) is 0 Å². The van der Waals surface area contributed by atoms with E-state index in [2.05, 4.69) is 16.4 Å². The molecule has 2 rings (SSSR count). The number of hydrogen-bond acceptors (Lipinski definition) is 1. The van der Waals surface area contributed by atoms with Crippen LogP contribution in [-0.4, -0.2) is 25.3 Å². The second-order valence-corrected chi connectivity index (χ2v) is 2.87. The Morgan fingerprint density at radius 1 is 1.50 bits per heavy atom. The SMILES string of the molecule is C1=C2CCC[NH+]=C2CNC1. The average Bonchev–Trinajstić information content (AvgIpc) is 2.05. The minimum Gasteiger partial charge on any atom is -0.304 e. The van der Waals surface area contributed by atoms with Crippen LogP contribution in [0.3, 0.4) is 0 Å². The van der Waals surface area contributed by atoms with Crippen molar-refractivity contribution in [3.05, 3.63) is 11.6 Å². The normalized spacial score (nSPS) is 24.8. The maximum absolute atomic E-state index is 3.41. The summed E-state index contributed by atoms with van der Waals surface area (Å²) in [7, 11) is 0. The van der Waals surface area contributed by atoms with E-state index < -0.39 is 0 Å². The molecule has 0 aliphatic carbocycles. The van der Waals surface area contributed by atoms with Gasteiger partial charge in [-0.2, -0.15) is 0 Å². The van der Waals surface area contributed by atoms with Gasteiger partial charge in [-0.25, -0.2) is 4.99 Å². The van der Waals surface area contributed by atoms with Gasteiger partial charge in [0.2, 0.25) is 0 Å². The molecular formula is C8H13N2+. The lowest BCUT2D eigenvalue weighted by molar-refractivity contribution is -0.461. The smallest absolute Gasteiger partial charge is 0.191 e. The highest BCUT2D eigenvalue weighted by atomic mass is 14.9. The van der Waals surface area contributed by atoms with E-state index in [-0.39, 0.29) is 0 Å². The van der Waals surface area contributed by atoms with E-state index in [1.807, 2.05) is 0 Å². The fourth-order valence-corrected chi connectivity index (χ4v) is 1.58. The molecule has 0 radical (unpaired) electrons. The van der Waals surface area contributed by atoms with Crippen LogP contribution in [-0.2, 0) is 0 Å². The molecule has 0 spiro atoms. The summed E-state index contributed by atoms with van der Waals surface area (Å²) >= 11 is 0. The summed E-state index contributed by atoms with van der Waals surface area (Å²) in [5, 5.41) is 3.31. The van der Waals surface area contributed by atoms with Crippen molar-refractivity contribution in [1.82, 2.24) is 5.32 Å². The van der Waals surface area contributed by atoms with Gasteiger partial charge in [-0.15, -0.1) is 0 Å². The van der Waals surface area contributed by atoms with E-state index in [4.69, 9.17) is 0 Å². The van der Waals surface area contributed by atoms with E-state index in [9.17, 15) is 0 Å². The topological polar surface area (TPSA) is 26.0 Å². The minimum absolute atomic E-state index is 1.05. The molecule has 0 aromatic carbocycles. The summed E-state index contributed by atoms with van der Waals surface area (Å²) in [4.78, 5) is 3.41. The third kappa shape index (κ3) is 0.991. The lowest BCUT2D eigenvalue weighted by Gasteiger charge is -2.15. The zero-order valence-electron chi connectivity index (χ0n) is 6.11. The van der Waals surface area contributed by atoms with Crippen LogP contribution < -0.4 is 10.3 Å². The Morgan fingerprint density at radius 2 is 2.50 bits per heavy atom. The number of nitrogens with one attached hydrogen (secondary N) is 2. The van der Waals surface area contributed by atoms with E-state index in [0.717, 1.165) is 19.6 Å². The fraction of sp³-hybridized carbons (Fsp3) is 0.625. The Bertz CT molecular complexity index is 169. The molecule has 2 heterocycles. The van der Waals surface area contributed by atoms with Crippen LogP contribution >= 0.6 is 0 Å². The average molecular weight is 137 g/mol. The number of fused-ring (bicyclic) bond motifs is 1. The molecule has 0 aromatic rings. The summed E-state index contributed by atoms with van der Waals surface area (Å²) in [6.45, 7) is 3.26. The first-order valence-electron chi connectivity index (χ1n) is 3.96. The molecule has 54 valence electrons. The monoisotopic (exact) mass is 137 g/mol. The van der Waals surface area contributed by atoms with Gasteiger partial charge in [-0.1, -0.05) is 6.08 Å². The number of hydrogen-bond donors (Lipinski definition) is 2. The molecule has 2 aliphatic rings. The predicted molar refractivity (Wildman–Crippen MR) is 41.0 cm³/mol. The maximum atomic E-state index is 3.41. The summed E-state index contributed by atoms with van der Waals surface area (Å²) < 4.78 is 0. The highest BCUT2D eigenvalue weighted by Crippen LogP contribution is 2.07. The second kappa shape index (κ2) is 2.54. The van der Waals surface area contributed by atoms with Crippen molar-refractivity contribution < 1.29 is 4.99 Å². The van der Waals surface area contributed by atoms with Crippen LogP contribution in [0.25, 0.3) is 0 Å². The predicted octanol–water partition coefficient (Wildman–Crippen LogP) is -1.17. The van der Waals surface area contributed by atoms with E-state index >= 15 is 0 Å². The van der Waals surface area contributed by atoms with Gasteiger partial charge in [0.05, 0.1) is 6.54 Å². The van der Waals surface area contributed by atoms with Crippen molar-refractivity contribution in [1.29, 1.82) is 0 Å². The maximum Gasteiger partial charge on any atom is 0.191 e. The summed E-state index contributed by atoms with van der Waals surface area (Å²) in [5.41, 5.74) is 2.97. The van der Waals surface area contributed by atoms with Gasteiger partial charge in [0.1, 0.15) is 6.54 Å². The highest BCUT2D eigenvalue weighted by Gasteiger charge is 2.19. The van der Waals surface area contributed by atoms with Gasteiger partial charge in [0.15, 0.2) is 5.71 Å². The van der Waals surface area contributed by atoms with Crippen molar-refractivity contribution in [2.75, 3.05) is 19.6 Å². The fourth-order valence-electron chi connectivity index (χ4n) is 1.58. The van der Waals surface area contributed by atoms with Crippen LogP contribution in [0.15, 0.2) is 11.6 Å². The van der Waals surface area contributed by atoms with E-state index in [1.54, 1.807) is 5.57 Å². The molecule has 0 amide bonds. The first-order valence-corrected chi connectivity index (χ1v) is 3.96. The van der Waals surface area contributed by atoms with Crippen molar-refractivity contribution in [2.24, 2.45) is 0 Å². The number of rotatable bonds is 0. The van der Waals surface area contributed by atoms with Crippen LogP contribution in [0.1, 0.15) is 12.8 Å². The van der Waals surface area contributed by atoms with Gasteiger partial charge >= 0.3 is 0 Å². The van der Waals surface area contributed by atoms with Gasteiger partial charge in [-0.3, -0.25) is 0 Å². The molecule has 2 nitrogen and oxygen atoms in total. The van der Waals surface area contributed by atoms with Gasteiger partial charge < -0.3 is 5.32 Å². The van der Waals surface area contributed by atoms with Crippen LogP contribution in [0.4, 0.5) is 0 Å². The van der Waals surface area contributed by atoms with Crippen LogP contribution in [0.2, 0.25) is 0 Å². The highest BCUT2D eigenvalue weighted by molar-refractivity contribution is 5.98. The first kappa shape index (κ1) is 6.10. The minimum atomic E-state index is 1.05. The Labute approximate surface area is 61.0 Å². The zero-order chi connectivity index (χ0) is 6.81. The molecule has 2 heteroatoms. The molecule has 0 fully saturated rings. The largest absolute Gasteiger partial charge is 0.304 e. The summed E-state index contributed by atoms with van der Waals surface area (Å²) in [6.07, 6.45) is 4.88. The van der Waals surface area contributed by atoms with E-state index in [1.165, 1.54) is 18.6 Å². The lowest BCUT2D eigenvalue weighted by atomic mass is 9.99. The lowest BCUT2D eigenvalue weighted by Crippen LogP contribution is -2.77. The molecule has 0 aromatic heterocycles. The summed E-state index contributed by atoms with van der Waals surface area (Å²) in [6, 6.07) is 0. The molecule has 0 atom stereocenters. The molecule has 2 N–H and O–H groups in total. The Kier molecular flexibility index (Phi) is 1.55. The Hall–Kier alpha value is -0.630. The first-order chi connectivity index (χ1) is 4.97. The third-order valence-electron chi connectivity index (χ3n) is 2.14. The van der Waals surface area contributed by atoms with Crippen molar-refractivity contribution in [3.63, 3.8) is 0 Å². The van der Waals surface area contributed by atoms with E-state index in [0.29, 0.717) is 0 Å². The molecule has 0 bridgehead atoms. The summed E-state index contributed by atoms with van der Waals surface area (Å²) in [5.74, 6) is 0.